The molecule has 0 bridgehead atoms. The Hall–Kier alpha value is -1.86. The van der Waals surface area contributed by atoms with Crippen LogP contribution < -0.4 is 16.0 Å². The number of anilines is 1. The third-order valence-electron chi connectivity index (χ3n) is 4.13. The summed E-state index contributed by atoms with van der Waals surface area (Å²) in [5.74, 6) is 1.43. The number of pyridine rings is 1. The minimum Gasteiger partial charge on any atom is -0.378 e. The van der Waals surface area contributed by atoms with E-state index >= 15 is 0 Å². The second-order valence-corrected chi connectivity index (χ2v) is 5.80. The molecule has 3 N–H and O–H groups in total. The van der Waals surface area contributed by atoms with Crippen LogP contribution in [0.15, 0.2) is 23.3 Å². The Bertz CT molecular complexity index is 525. The predicted octanol–water partition coefficient (Wildman–Crippen LogP) is 0.502. The normalized spacial score (nSPS) is 22.3. The summed E-state index contributed by atoms with van der Waals surface area (Å²) in [5.41, 5.74) is 7.04. The molecule has 1 aromatic heterocycles. The fourth-order valence-electron chi connectivity index (χ4n) is 2.86. The van der Waals surface area contributed by atoms with Crippen LogP contribution in [0.2, 0.25) is 0 Å². The van der Waals surface area contributed by atoms with Crippen LogP contribution in [0.5, 0.6) is 0 Å². The Labute approximate surface area is 136 Å². The molecule has 126 valence electrons. The number of hydrogen-bond donors (Lipinski definition) is 2. The molecular formula is C16H25N5O2. The molecule has 1 atom stereocenters. The number of ether oxygens (including phenoxy) is 2. The van der Waals surface area contributed by atoms with E-state index in [1.165, 1.54) is 0 Å². The number of guanidine groups is 1. The molecule has 0 spiro atoms. The summed E-state index contributed by atoms with van der Waals surface area (Å²) < 4.78 is 11.0. The first kappa shape index (κ1) is 16.0. The maximum absolute atomic E-state index is 5.96. The van der Waals surface area contributed by atoms with Gasteiger partial charge >= 0.3 is 0 Å². The first-order valence-electron chi connectivity index (χ1n) is 8.25. The van der Waals surface area contributed by atoms with E-state index in [1.807, 2.05) is 12.3 Å². The maximum Gasteiger partial charge on any atom is 0.189 e. The van der Waals surface area contributed by atoms with E-state index in [9.17, 15) is 0 Å². The van der Waals surface area contributed by atoms with Gasteiger partial charge in [-0.2, -0.15) is 0 Å². The minimum absolute atomic E-state index is 0.256. The zero-order valence-electron chi connectivity index (χ0n) is 13.4. The number of morpholine rings is 1. The van der Waals surface area contributed by atoms with Crippen LogP contribution in [-0.2, 0) is 16.0 Å². The van der Waals surface area contributed by atoms with Crippen LogP contribution in [0.25, 0.3) is 0 Å². The fraction of sp³-hybridized carbons (Fsp3) is 0.625. The highest BCUT2D eigenvalue weighted by molar-refractivity contribution is 5.77. The number of rotatable bonds is 5. The van der Waals surface area contributed by atoms with E-state index in [-0.39, 0.29) is 6.10 Å². The second-order valence-electron chi connectivity index (χ2n) is 5.80. The Morgan fingerprint density at radius 3 is 3.04 bits per heavy atom. The molecule has 0 aliphatic carbocycles. The smallest absolute Gasteiger partial charge is 0.189 e. The SMILES string of the molecule is NC(=NCc1cccnc1N1CCOCC1)NCC1CCCO1. The molecule has 0 aromatic carbocycles. The van der Waals surface area contributed by atoms with Crippen LogP contribution in [0.4, 0.5) is 5.82 Å². The van der Waals surface area contributed by atoms with E-state index in [0.717, 1.165) is 63.7 Å². The van der Waals surface area contributed by atoms with Crippen molar-refractivity contribution in [2.75, 3.05) is 44.4 Å². The molecule has 0 amide bonds. The van der Waals surface area contributed by atoms with Crippen molar-refractivity contribution in [2.24, 2.45) is 10.7 Å². The van der Waals surface area contributed by atoms with Crippen molar-refractivity contribution in [1.29, 1.82) is 0 Å². The van der Waals surface area contributed by atoms with Crippen molar-refractivity contribution in [3.63, 3.8) is 0 Å². The molecule has 2 aliphatic heterocycles. The Balaban J connectivity index is 1.57. The fourth-order valence-corrected chi connectivity index (χ4v) is 2.86. The number of nitrogens with zero attached hydrogens (tertiary/aromatic N) is 3. The highest BCUT2D eigenvalue weighted by Gasteiger charge is 2.16. The average Bonchev–Trinajstić information content (AvgIpc) is 3.13. The number of hydrogen-bond acceptors (Lipinski definition) is 5. The molecule has 2 aliphatic rings. The first-order valence-corrected chi connectivity index (χ1v) is 8.25. The summed E-state index contributed by atoms with van der Waals surface area (Å²) in [7, 11) is 0. The molecule has 2 fully saturated rings. The molecular weight excluding hydrogens is 294 g/mol. The van der Waals surface area contributed by atoms with Crippen molar-refractivity contribution in [3.05, 3.63) is 23.9 Å². The van der Waals surface area contributed by atoms with E-state index < -0.39 is 0 Å². The molecule has 23 heavy (non-hydrogen) atoms. The third kappa shape index (κ3) is 4.56. The number of aromatic nitrogens is 1. The van der Waals surface area contributed by atoms with Crippen LogP contribution in [0.3, 0.4) is 0 Å². The molecule has 7 heteroatoms. The van der Waals surface area contributed by atoms with Gasteiger partial charge in [0.25, 0.3) is 0 Å². The van der Waals surface area contributed by atoms with Gasteiger partial charge in [-0.25, -0.2) is 9.98 Å². The summed E-state index contributed by atoms with van der Waals surface area (Å²) in [6.07, 6.45) is 4.29. The Morgan fingerprint density at radius 2 is 2.26 bits per heavy atom. The zero-order chi connectivity index (χ0) is 15.9. The summed E-state index contributed by atoms with van der Waals surface area (Å²) in [5, 5.41) is 3.14. The monoisotopic (exact) mass is 319 g/mol. The third-order valence-corrected chi connectivity index (χ3v) is 4.13. The molecule has 0 radical (unpaired) electrons. The lowest BCUT2D eigenvalue weighted by Crippen LogP contribution is -2.38. The van der Waals surface area contributed by atoms with Gasteiger partial charge < -0.3 is 25.4 Å². The molecule has 7 nitrogen and oxygen atoms in total. The summed E-state index contributed by atoms with van der Waals surface area (Å²) in [4.78, 5) is 11.2. The molecule has 0 saturated carbocycles. The van der Waals surface area contributed by atoms with Gasteiger partial charge in [0.05, 0.1) is 25.9 Å². The lowest BCUT2D eigenvalue weighted by molar-refractivity contribution is 0.114. The standard InChI is InChI=1S/C16H25N5O2/c17-16(20-12-14-4-2-8-23-14)19-11-13-3-1-5-18-15(13)21-6-9-22-10-7-21/h1,3,5,14H,2,4,6-12H2,(H3,17,19,20). The topological polar surface area (TPSA) is 85.0 Å². The molecule has 2 saturated heterocycles. The van der Waals surface area contributed by atoms with Gasteiger partial charge in [0, 0.05) is 38.0 Å². The lowest BCUT2D eigenvalue weighted by Gasteiger charge is -2.29. The summed E-state index contributed by atoms with van der Waals surface area (Å²) in [6.45, 7) is 5.29. The van der Waals surface area contributed by atoms with Crippen molar-refractivity contribution in [1.82, 2.24) is 10.3 Å². The van der Waals surface area contributed by atoms with Gasteiger partial charge in [-0.3, -0.25) is 0 Å². The van der Waals surface area contributed by atoms with E-state index in [0.29, 0.717) is 12.5 Å². The van der Waals surface area contributed by atoms with Gasteiger partial charge in [0.1, 0.15) is 5.82 Å². The first-order chi connectivity index (χ1) is 11.3. The lowest BCUT2D eigenvalue weighted by atomic mass is 10.2. The van der Waals surface area contributed by atoms with Crippen molar-refractivity contribution in [2.45, 2.75) is 25.5 Å². The predicted molar refractivity (Wildman–Crippen MR) is 89.6 cm³/mol. The molecule has 1 aromatic rings. The van der Waals surface area contributed by atoms with Gasteiger partial charge in [-0.15, -0.1) is 0 Å². The highest BCUT2D eigenvalue weighted by Crippen LogP contribution is 2.19. The molecule has 1 unspecified atom stereocenters. The van der Waals surface area contributed by atoms with E-state index in [2.05, 4.69) is 26.3 Å². The maximum atomic E-state index is 5.96. The Kier molecular flexibility index (Phi) is 5.65. The van der Waals surface area contributed by atoms with Crippen LogP contribution in [0, 0.1) is 0 Å². The average molecular weight is 319 g/mol. The van der Waals surface area contributed by atoms with Gasteiger partial charge in [0.2, 0.25) is 0 Å². The largest absolute Gasteiger partial charge is 0.378 e. The summed E-state index contributed by atoms with van der Waals surface area (Å²) >= 11 is 0. The van der Waals surface area contributed by atoms with E-state index in [1.54, 1.807) is 0 Å². The van der Waals surface area contributed by atoms with Gasteiger partial charge in [-0.05, 0) is 18.9 Å². The number of nitrogens with two attached hydrogens (primary N) is 1. The molecule has 3 heterocycles. The van der Waals surface area contributed by atoms with Crippen molar-refractivity contribution in [3.8, 4) is 0 Å². The van der Waals surface area contributed by atoms with Gasteiger partial charge in [0.15, 0.2) is 5.96 Å². The van der Waals surface area contributed by atoms with Crippen molar-refractivity contribution >= 4 is 11.8 Å². The summed E-state index contributed by atoms with van der Waals surface area (Å²) in [6, 6.07) is 3.99. The van der Waals surface area contributed by atoms with Crippen molar-refractivity contribution < 1.29 is 9.47 Å². The van der Waals surface area contributed by atoms with Crippen LogP contribution in [0.1, 0.15) is 18.4 Å². The number of aliphatic imine (C=N–C) groups is 1. The van der Waals surface area contributed by atoms with Crippen LogP contribution in [-0.4, -0.2) is 56.5 Å². The van der Waals surface area contributed by atoms with E-state index in [4.69, 9.17) is 15.2 Å². The second kappa shape index (κ2) is 8.12. The number of nitrogens with one attached hydrogen (secondary N) is 1. The minimum atomic E-state index is 0.256. The van der Waals surface area contributed by atoms with Crippen LogP contribution >= 0.6 is 0 Å². The highest BCUT2D eigenvalue weighted by atomic mass is 16.5. The molecule has 3 rings (SSSR count). The van der Waals surface area contributed by atoms with Gasteiger partial charge in [-0.1, -0.05) is 6.07 Å². The quantitative estimate of drug-likeness (QED) is 0.607. The zero-order valence-corrected chi connectivity index (χ0v) is 13.4. The Morgan fingerprint density at radius 1 is 1.39 bits per heavy atom.